The van der Waals surface area contributed by atoms with Crippen LogP contribution in [0.3, 0.4) is 0 Å². The van der Waals surface area contributed by atoms with Gasteiger partial charge in [0, 0.05) is 13.0 Å². The van der Waals surface area contributed by atoms with Gasteiger partial charge < -0.3 is 10.2 Å². The van der Waals surface area contributed by atoms with Gasteiger partial charge in [0.15, 0.2) is 0 Å². The van der Waals surface area contributed by atoms with Gasteiger partial charge in [-0.25, -0.2) is 0 Å². The smallest absolute Gasteiger partial charge is 0.142 e. The highest BCUT2D eigenvalue weighted by Crippen LogP contribution is 1.83. The quantitative estimate of drug-likeness (QED) is 0.450. The number of aliphatic hydroxyl groups excluding tert-OH is 2. The van der Waals surface area contributed by atoms with Crippen molar-refractivity contribution in [1.29, 1.82) is 5.26 Å². The van der Waals surface area contributed by atoms with E-state index in [0.717, 1.165) is 0 Å². The van der Waals surface area contributed by atoms with Crippen LogP contribution in [0.25, 0.3) is 0 Å². The largest absolute Gasteiger partial charge is 0.396 e. The maximum absolute atomic E-state index is 8.34. The van der Waals surface area contributed by atoms with E-state index in [9.17, 15) is 0 Å². The Morgan fingerprint density at radius 1 is 1.71 bits per heavy atom. The van der Waals surface area contributed by atoms with Crippen molar-refractivity contribution < 1.29 is 10.2 Å². The monoisotopic (exact) mass is 101 g/mol. The first-order valence-electron chi connectivity index (χ1n) is 1.99. The van der Waals surface area contributed by atoms with Crippen LogP contribution in [-0.2, 0) is 0 Å². The van der Waals surface area contributed by atoms with Gasteiger partial charge in [-0.05, 0) is 0 Å². The van der Waals surface area contributed by atoms with Gasteiger partial charge in [-0.3, -0.25) is 0 Å². The van der Waals surface area contributed by atoms with Crippen LogP contribution in [0.2, 0.25) is 0 Å². The summed E-state index contributed by atoms with van der Waals surface area (Å²) in [6, 6.07) is 1.56. The zero-order chi connectivity index (χ0) is 5.70. The molecule has 7 heavy (non-hydrogen) atoms. The van der Waals surface area contributed by atoms with E-state index in [1.807, 2.05) is 0 Å². The first-order chi connectivity index (χ1) is 3.31. The van der Waals surface area contributed by atoms with Crippen LogP contribution >= 0.6 is 0 Å². The Morgan fingerprint density at radius 2 is 2.29 bits per heavy atom. The predicted molar refractivity (Wildman–Crippen MR) is 23.3 cm³/mol. The summed E-state index contributed by atoms with van der Waals surface area (Å²) in [5.74, 6) is 0. The number of rotatable bonds is 2. The molecule has 0 aliphatic carbocycles. The summed E-state index contributed by atoms with van der Waals surface area (Å²) in [6.07, 6.45) is -0.846. The molecule has 0 heterocycles. The number of nitriles is 1. The lowest BCUT2D eigenvalue weighted by molar-refractivity contribution is 0.175. The Bertz CT molecular complexity index is 76.2. The molecular weight excluding hydrogens is 94.0 g/mol. The molecule has 0 saturated carbocycles. The van der Waals surface area contributed by atoms with Crippen molar-refractivity contribution in [3.63, 3.8) is 0 Å². The lowest BCUT2D eigenvalue weighted by Gasteiger charge is -1.92. The molecule has 3 nitrogen and oxygen atoms in total. The van der Waals surface area contributed by atoms with Crippen molar-refractivity contribution in [2.24, 2.45) is 0 Å². The molecule has 0 bridgehead atoms. The molecule has 0 fully saturated rings. The second kappa shape index (κ2) is 3.59. The molecule has 0 spiro atoms. The van der Waals surface area contributed by atoms with Crippen LogP contribution < -0.4 is 0 Å². The van der Waals surface area contributed by atoms with E-state index in [0.29, 0.717) is 0 Å². The number of aliphatic hydroxyl groups is 2. The molecule has 1 unspecified atom stereocenters. The average molecular weight is 101 g/mol. The minimum atomic E-state index is -0.995. The van der Waals surface area contributed by atoms with Gasteiger partial charge >= 0.3 is 0 Å². The van der Waals surface area contributed by atoms with Crippen LogP contribution in [-0.4, -0.2) is 22.9 Å². The molecule has 2 N–H and O–H groups in total. The Kier molecular flexibility index (Phi) is 3.29. The molecule has 1 atom stereocenters. The standard InChI is InChI=1S/C4H7NO2/c5-3-4(7)1-2-6/h4,6-7H,1-2H2. The molecule has 0 saturated heterocycles. The van der Waals surface area contributed by atoms with Crippen LogP contribution in [0.1, 0.15) is 6.42 Å². The third-order valence-electron chi connectivity index (χ3n) is 0.552. The Labute approximate surface area is 41.8 Å². The number of nitrogens with zero attached hydrogens (tertiary/aromatic N) is 1. The van der Waals surface area contributed by atoms with Crippen molar-refractivity contribution in [1.82, 2.24) is 0 Å². The Hall–Kier alpha value is -0.590. The van der Waals surface area contributed by atoms with Gasteiger partial charge in [0.05, 0.1) is 6.07 Å². The third kappa shape index (κ3) is 3.23. The van der Waals surface area contributed by atoms with Crippen molar-refractivity contribution >= 4 is 0 Å². The van der Waals surface area contributed by atoms with Crippen molar-refractivity contribution in [2.75, 3.05) is 6.61 Å². The van der Waals surface area contributed by atoms with E-state index in [-0.39, 0.29) is 13.0 Å². The number of hydrogen-bond donors (Lipinski definition) is 2. The molecule has 3 heteroatoms. The fourth-order valence-corrected chi connectivity index (χ4v) is 0.187. The molecule has 0 rings (SSSR count). The first-order valence-corrected chi connectivity index (χ1v) is 1.99. The Morgan fingerprint density at radius 3 is 2.43 bits per heavy atom. The highest BCUT2D eigenvalue weighted by molar-refractivity contribution is 4.80. The van der Waals surface area contributed by atoms with Gasteiger partial charge in [-0.1, -0.05) is 0 Å². The van der Waals surface area contributed by atoms with E-state index in [1.165, 1.54) is 0 Å². The predicted octanol–water partition coefficient (Wildman–Crippen LogP) is -0.747. The summed E-state index contributed by atoms with van der Waals surface area (Å²) < 4.78 is 0. The second-order valence-electron chi connectivity index (χ2n) is 1.16. The van der Waals surface area contributed by atoms with Crippen molar-refractivity contribution in [2.45, 2.75) is 12.5 Å². The fraction of sp³-hybridized carbons (Fsp3) is 0.750. The topological polar surface area (TPSA) is 64.2 Å². The van der Waals surface area contributed by atoms with Crippen LogP contribution in [0.5, 0.6) is 0 Å². The summed E-state index contributed by atoms with van der Waals surface area (Å²) >= 11 is 0. The van der Waals surface area contributed by atoms with Crippen LogP contribution in [0.4, 0.5) is 0 Å². The number of hydrogen-bond acceptors (Lipinski definition) is 3. The Balaban J connectivity index is 3.04. The first kappa shape index (κ1) is 6.41. The molecule has 0 amide bonds. The molecule has 0 radical (unpaired) electrons. The molecule has 0 aromatic carbocycles. The maximum Gasteiger partial charge on any atom is 0.142 e. The molecule has 0 aromatic heterocycles. The van der Waals surface area contributed by atoms with Gasteiger partial charge in [0.1, 0.15) is 6.10 Å². The van der Waals surface area contributed by atoms with E-state index in [1.54, 1.807) is 6.07 Å². The lowest BCUT2D eigenvalue weighted by Crippen LogP contribution is -2.03. The summed E-state index contributed by atoms with van der Waals surface area (Å²) in [4.78, 5) is 0. The zero-order valence-corrected chi connectivity index (χ0v) is 3.83. The summed E-state index contributed by atoms with van der Waals surface area (Å²) in [6.45, 7) is -0.130. The van der Waals surface area contributed by atoms with E-state index < -0.39 is 6.10 Å². The van der Waals surface area contributed by atoms with E-state index >= 15 is 0 Å². The second-order valence-corrected chi connectivity index (χ2v) is 1.16. The van der Waals surface area contributed by atoms with Crippen LogP contribution in [0, 0.1) is 11.3 Å². The highest BCUT2D eigenvalue weighted by atomic mass is 16.3. The van der Waals surface area contributed by atoms with E-state index in [4.69, 9.17) is 15.5 Å². The minimum absolute atomic E-state index is 0.130. The van der Waals surface area contributed by atoms with Crippen LogP contribution in [0.15, 0.2) is 0 Å². The third-order valence-corrected chi connectivity index (χ3v) is 0.552. The zero-order valence-electron chi connectivity index (χ0n) is 3.83. The molecule has 0 aliphatic rings. The normalized spacial score (nSPS) is 12.7. The lowest BCUT2D eigenvalue weighted by atomic mass is 10.3. The van der Waals surface area contributed by atoms with Gasteiger partial charge in [-0.2, -0.15) is 5.26 Å². The minimum Gasteiger partial charge on any atom is -0.396 e. The maximum atomic E-state index is 8.34. The summed E-state index contributed by atoms with van der Waals surface area (Å²) in [7, 11) is 0. The van der Waals surface area contributed by atoms with Crippen molar-refractivity contribution in [3.05, 3.63) is 0 Å². The van der Waals surface area contributed by atoms with Gasteiger partial charge in [-0.15, -0.1) is 0 Å². The summed E-state index contributed by atoms with van der Waals surface area (Å²) in [5.41, 5.74) is 0. The van der Waals surface area contributed by atoms with Gasteiger partial charge in [0.25, 0.3) is 0 Å². The highest BCUT2D eigenvalue weighted by Gasteiger charge is 1.95. The molecule has 0 aliphatic heterocycles. The molecule has 0 aromatic rings. The SMILES string of the molecule is N#CC(O)CCO. The molecule has 40 valence electrons. The van der Waals surface area contributed by atoms with Crippen molar-refractivity contribution in [3.8, 4) is 6.07 Å². The molecular formula is C4H7NO2. The van der Waals surface area contributed by atoms with E-state index in [2.05, 4.69) is 0 Å². The van der Waals surface area contributed by atoms with Gasteiger partial charge in [0.2, 0.25) is 0 Å². The fourth-order valence-electron chi connectivity index (χ4n) is 0.187. The average Bonchev–Trinajstić information content (AvgIpc) is 1.68. The summed E-state index contributed by atoms with van der Waals surface area (Å²) in [5, 5.41) is 24.2.